The fourth-order valence-corrected chi connectivity index (χ4v) is 2.36. The summed E-state index contributed by atoms with van der Waals surface area (Å²) in [6.07, 6.45) is 6.16. The zero-order valence-electron chi connectivity index (χ0n) is 11.8. The van der Waals surface area contributed by atoms with E-state index in [-0.39, 0.29) is 5.91 Å². The number of aryl methyl sites for hydroxylation is 1. The van der Waals surface area contributed by atoms with Gasteiger partial charge in [-0.25, -0.2) is 4.98 Å². The molecule has 2 aromatic rings. The smallest absolute Gasteiger partial charge is 0.224 e. The predicted octanol–water partition coefficient (Wildman–Crippen LogP) is 2.27. The molecule has 1 N–H and O–H groups in total. The minimum absolute atomic E-state index is 0.0552. The molecule has 1 aromatic heterocycles. The Bertz CT molecular complexity index is 563. The number of hydrogen-bond donors (Lipinski definition) is 1. The first-order valence-electron chi connectivity index (χ1n) is 6.56. The second-order valence-electron chi connectivity index (χ2n) is 4.54. The van der Waals surface area contributed by atoms with Crippen LogP contribution in [0.1, 0.15) is 11.4 Å². The maximum atomic E-state index is 11.8. The summed E-state index contributed by atoms with van der Waals surface area (Å²) < 4.78 is 2.02. The van der Waals surface area contributed by atoms with E-state index in [1.165, 1.54) is 4.90 Å². The number of benzene rings is 1. The van der Waals surface area contributed by atoms with Crippen molar-refractivity contribution < 1.29 is 4.79 Å². The number of rotatable bonds is 6. The molecule has 2 rings (SSSR count). The Kier molecular flexibility index (Phi) is 5.24. The first-order chi connectivity index (χ1) is 9.69. The van der Waals surface area contributed by atoms with Crippen molar-refractivity contribution in [2.24, 2.45) is 0 Å². The fraction of sp³-hybridized carbons (Fsp3) is 0.333. The highest BCUT2D eigenvalue weighted by Crippen LogP contribution is 2.14. The van der Waals surface area contributed by atoms with Crippen molar-refractivity contribution in [1.29, 1.82) is 0 Å². The number of nitrogens with one attached hydrogen (secondary N) is 1. The summed E-state index contributed by atoms with van der Waals surface area (Å²) in [4.78, 5) is 17.2. The van der Waals surface area contributed by atoms with Gasteiger partial charge in [-0.2, -0.15) is 0 Å². The molecule has 4 nitrogen and oxygen atoms in total. The number of carbonyl (C=O) groups excluding carboxylic acids is 1. The van der Waals surface area contributed by atoms with Gasteiger partial charge in [-0.1, -0.05) is 12.1 Å². The third-order valence-corrected chi connectivity index (χ3v) is 3.87. The normalized spacial score (nSPS) is 10.5. The van der Waals surface area contributed by atoms with Crippen LogP contribution in [0.5, 0.6) is 0 Å². The number of amides is 1. The Balaban J connectivity index is 1.76. The van der Waals surface area contributed by atoms with Crippen LogP contribution in [-0.4, -0.2) is 28.3 Å². The van der Waals surface area contributed by atoms with E-state index < -0.39 is 0 Å². The SMILES string of the molecule is CSc1ccc(CC(=O)NCCn2ccnc2C)cc1. The molecule has 1 amide bonds. The van der Waals surface area contributed by atoms with Crippen molar-refractivity contribution in [2.45, 2.75) is 24.8 Å². The van der Waals surface area contributed by atoms with Gasteiger partial charge in [0.2, 0.25) is 5.91 Å². The number of imidazole rings is 1. The van der Waals surface area contributed by atoms with E-state index in [4.69, 9.17) is 0 Å². The summed E-state index contributed by atoms with van der Waals surface area (Å²) in [5.41, 5.74) is 1.04. The summed E-state index contributed by atoms with van der Waals surface area (Å²) in [6, 6.07) is 8.10. The summed E-state index contributed by atoms with van der Waals surface area (Å²) in [7, 11) is 0. The van der Waals surface area contributed by atoms with Gasteiger partial charge in [0, 0.05) is 30.4 Å². The van der Waals surface area contributed by atoms with Gasteiger partial charge >= 0.3 is 0 Å². The van der Waals surface area contributed by atoms with Gasteiger partial charge in [0.1, 0.15) is 5.82 Å². The van der Waals surface area contributed by atoms with Crippen molar-refractivity contribution >= 4 is 17.7 Å². The van der Waals surface area contributed by atoms with Crippen LogP contribution in [0.2, 0.25) is 0 Å². The van der Waals surface area contributed by atoms with Crippen molar-refractivity contribution in [2.75, 3.05) is 12.8 Å². The average molecular weight is 289 g/mol. The molecule has 0 aliphatic carbocycles. The maximum Gasteiger partial charge on any atom is 0.224 e. The lowest BCUT2D eigenvalue weighted by molar-refractivity contribution is -0.120. The van der Waals surface area contributed by atoms with Crippen LogP contribution < -0.4 is 5.32 Å². The fourth-order valence-electron chi connectivity index (χ4n) is 1.95. The van der Waals surface area contributed by atoms with Gasteiger partial charge in [-0.15, -0.1) is 11.8 Å². The molecule has 0 saturated heterocycles. The zero-order valence-corrected chi connectivity index (χ0v) is 12.6. The van der Waals surface area contributed by atoms with Crippen molar-refractivity contribution in [3.05, 3.63) is 48.0 Å². The highest BCUT2D eigenvalue weighted by atomic mass is 32.2. The highest BCUT2D eigenvalue weighted by molar-refractivity contribution is 7.98. The van der Waals surface area contributed by atoms with E-state index in [9.17, 15) is 4.79 Å². The second kappa shape index (κ2) is 7.14. The second-order valence-corrected chi connectivity index (χ2v) is 5.42. The molecule has 1 heterocycles. The molecule has 1 aromatic carbocycles. The molecule has 0 atom stereocenters. The Hall–Kier alpha value is -1.75. The topological polar surface area (TPSA) is 46.9 Å². The lowest BCUT2D eigenvalue weighted by Gasteiger charge is -2.07. The molecule has 0 unspecified atom stereocenters. The first-order valence-corrected chi connectivity index (χ1v) is 7.79. The molecular formula is C15H19N3OS. The molecule has 0 spiro atoms. The van der Waals surface area contributed by atoms with Crippen molar-refractivity contribution in [3.8, 4) is 0 Å². The van der Waals surface area contributed by atoms with Crippen LogP contribution in [0, 0.1) is 6.92 Å². The third kappa shape index (κ3) is 4.13. The molecule has 0 fully saturated rings. The van der Waals surface area contributed by atoms with Crippen LogP contribution in [0.15, 0.2) is 41.6 Å². The molecule has 0 aliphatic heterocycles. The third-order valence-electron chi connectivity index (χ3n) is 3.12. The minimum Gasteiger partial charge on any atom is -0.354 e. The largest absolute Gasteiger partial charge is 0.354 e. The van der Waals surface area contributed by atoms with E-state index >= 15 is 0 Å². The van der Waals surface area contributed by atoms with Crippen LogP contribution in [0.3, 0.4) is 0 Å². The molecule has 0 saturated carbocycles. The Morgan fingerprint density at radius 2 is 2.10 bits per heavy atom. The Morgan fingerprint density at radius 3 is 2.70 bits per heavy atom. The van der Waals surface area contributed by atoms with Gasteiger partial charge < -0.3 is 9.88 Å². The first kappa shape index (κ1) is 14.7. The molecule has 0 aliphatic rings. The summed E-state index contributed by atoms with van der Waals surface area (Å²) in [5.74, 6) is 1.02. The maximum absolute atomic E-state index is 11.8. The average Bonchev–Trinajstić information content (AvgIpc) is 2.85. The lowest BCUT2D eigenvalue weighted by atomic mass is 10.1. The number of carbonyl (C=O) groups is 1. The molecule has 5 heteroatoms. The summed E-state index contributed by atoms with van der Waals surface area (Å²) in [6.45, 7) is 3.33. The van der Waals surface area contributed by atoms with E-state index in [1.54, 1.807) is 18.0 Å². The molecular weight excluding hydrogens is 270 g/mol. The van der Waals surface area contributed by atoms with Gasteiger partial charge in [-0.3, -0.25) is 4.79 Å². The molecule has 20 heavy (non-hydrogen) atoms. The standard InChI is InChI=1S/C15H19N3OS/c1-12-16-7-9-18(12)10-8-17-15(19)11-13-3-5-14(20-2)6-4-13/h3-7,9H,8,10-11H2,1-2H3,(H,17,19). The van der Waals surface area contributed by atoms with Crippen LogP contribution in [-0.2, 0) is 17.8 Å². The predicted molar refractivity (Wildman–Crippen MR) is 81.9 cm³/mol. The van der Waals surface area contributed by atoms with Gasteiger partial charge in [0.25, 0.3) is 0 Å². The van der Waals surface area contributed by atoms with Crippen molar-refractivity contribution in [3.63, 3.8) is 0 Å². The summed E-state index contributed by atoms with van der Waals surface area (Å²) >= 11 is 1.70. The van der Waals surface area contributed by atoms with Gasteiger partial charge in [-0.05, 0) is 30.9 Å². The quantitative estimate of drug-likeness (QED) is 0.830. The Morgan fingerprint density at radius 1 is 1.35 bits per heavy atom. The molecule has 106 valence electrons. The number of hydrogen-bond acceptors (Lipinski definition) is 3. The van der Waals surface area contributed by atoms with Crippen molar-refractivity contribution in [1.82, 2.24) is 14.9 Å². The van der Waals surface area contributed by atoms with E-state index in [0.29, 0.717) is 13.0 Å². The van der Waals surface area contributed by atoms with E-state index in [1.807, 2.05) is 48.2 Å². The van der Waals surface area contributed by atoms with E-state index in [2.05, 4.69) is 10.3 Å². The summed E-state index contributed by atoms with van der Waals surface area (Å²) in [5, 5.41) is 2.93. The minimum atomic E-state index is 0.0552. The molecule has 0 radical (unpaired) electrons. The number of nitrogens with zero attached hydrogens (tertiary/aromatic N) is 2. The van der Waals surface area contributed by atoms with Crippen LogP contribution in [0.25, 0.3) is 0 Å². The van der Waals surface area contributed by atoms with Gasteiger partial charge in [0.15, 0.2) is 0 Å². The highest BCUT2D eigenvalue weighted by Gasteiger charge is 2.03. The Labute approximate surface area is 123 Å². The molecule has 0 bridgehead atoms. The monoisotopic (exact) mass is 289 g/mol. The lowest BCUT2D eigenvalue weighted by Crippen LogP contribution is -2.28. The van der Waals surface area contributed by atoms with Crippen LogP contribution in [0.4, 0.5) is 0 Å². The zero-order chi connectivity index (χ0) is 14.4. The number of aromatic nitrogens is 2. The van der Waals surface area contributed by atoms with E-state index in [0.717, 1.165) is 17.9 Å². The number of thioether (sulfide) groups is 1. The van der Waals surface area contributed by atoms with Crippen LogP contribution >= 0.6 is 11.8 Å². The van der Waals surface area contributed by atoms with Gasteiger partial charge in [0.05, 0.1) is 6.42 Å².